The van der Waals surface area contributed by atoms with E-state index in [4.69, 9.17) is 9.47 Å². The highest BCUT2D eigenvalue weighted by Gasteiger charge is 2.21. The molecule has 0 aliphatic heterocycles. The molecule has 0 saturated carbocycles. The first-order valence-electron chi connectivity index (χ1n) is 9.40. The molecule has 160 valence electrons. The fraction of sp³-hybridized carbons (Fsp3) is 0.174. The number of hydrogen-bond acceptors (Lipinski definition) is 5. The zero-order chi connectivity index (χ0) is 22.4. The molecule has 7 nitrogen and oxygen atoms in total. The molecule has 8 heteroatoms. The maximum atomic E-state index is 14.5. The SMILES string of the molecule is COC(OC)c1ccc(C(=O)Nc2ccc(Cc3ccccc3)cc2[N+](=O)[O-])c(F)c1. The number of nitro benzene ring substituents is 1. The summed E-state index contributed by atoms with van der Waals surface area (Å²) in [5.41, 5.74) is 1.59. The third kappa shape index (κ3) is 5.30. The number of amides is 1. The topological polar surface area (TPSA) is 90.7 Å². The molecule has 1 N–H and O–H groups in total. The Hall–Kier alpha value is -3.62. The monoisotopic (exact) mass is 424 g/mol. The molecule has 3 aromatic carbocycles. The quantitative estimate of drug-likeness (QED) is 0.317. The van der Waals surface area contributed by atoms with Crippen LogP contribution in [0, 0.1) is 15.9 Å². The Kier molecular flexibility index (Phi) is 7.07. The second-order valence-electron chi connectivity index (χ2n) is 6.77. The standard InChI is InChI=1S/C23H21FN2O5/c1-30-23(31-2)17-9-10-18(19(24)14-17)22(27)25-20-11-8-16(13-21(20)26(28)29)12-15-6-4-3-5-7-15/h3-11,13-14,23H,12H2,1-2H3,(H,25,27). The average molecular weight is 424 g/mol. The molecule has 3 aromatic rings. The molecular formula is C23H21FN2O5. The number of anilines is 1. The van der Waals surface area contributed by atoms with E-state index in [0.717, 1.165) is 17.2 Å². The Labute approximate surface area is 178 Å². The highest BCUT2D eigenvalue weighted by molar-refractivity contribution is 6.05. The van der Waals surface area contributed by atoms with Crippen molar-refractivity contribution in [2.45, 2.75) is 12.7 Å². The van der Waals surface area contributed by atoms with E-state index in [-0.39, 0.29) is 16.9 Å². The van der Waals surface area contributed by atoms with Crippen LogP contribution in [0.1, 0.15) is 33.3 Å². The molecule has 0 unspecified atom stereocenters. The van der Waals surface area contributed by atoms with Gasteiger partial charge in [-0.1, -0.05) is 42.5 Å². The van der Waals surface area contributed by atoms with Crippen LogP contribution in [0.2, 0.25) is 0 Å². The average Bonchev–Trinajstić information content (AvgIpc) is 2.76. The minimum atomic E-state index is -0.797. The molecule has 0 aliphatic rings. The minimum absolute atomic E-state index is 0.0121. The van der Waals surface area contributed by atoms with Gasteiger partial charge in [0.1, 0.15) is 11.5 Å². The van der Waals surface area contributed by atoms with Gasteiger partial charge >= 0.3 is 0 Å². The maximum absolute atomic E-state index is 14.5. The second-order valence-corrected chi connectivity index (χ2v) is 6.77. The van der Waals surface area contributed by atoms with Crippen LogP contribution in [0.5, 0.6) is 0 Å². The van der Waals surface area contributed by atoms with Crippen molar-refractivity contribution in [1.29, 1.82) is 0 Å². The molecule has 0 saturated heterocycles. The minimum Gasteiger partial charge on any atom is -0.352 e. The third-order valence-electron chi connectivity index (χ3n) is 4.70. The van der Waals surface area contributed by atoms with Crippen molar-refractivity contribution in [2.24, 2.45) is 0 Å². The van der Waals surface area contributed by atoms with Crippen molar-refractivity contribution in [2.75, 3.05) is 19.5 Å². The van der Waals surface area contributed by atoms with Gasteiger partial charge in [0.25, 0.3) is 11.6 Å². The van der Waals surface area contributed by atoms with E-state index >= 15 is 0 Å². The number of nitrogens with zero attached hydrogens (tertiary/aromatic N) is 1. The van der Waals surface area contributed by atoms with Gasteiger partial charge in [-0.25, -0.2) is 4.39 Å². The van der Waals surface area contributed by atoms with Gasteiger partial charge in [-0.15, -0.1) is 0 Å². The molecule has 0 fully saturated rings. The Bertz CT molecular complexity index is 1080. The molecule has 0 spiro atoms. The van der Waals surface area contributed by atoms with Gasteiger partial charge in [-0.3, -0.25) is 14.9 Å². The molecular weight excluding hydrogens is 403 g/mol. The predicted octanol–water partition coefficient (Wildman–Crippen LogP) is 4.87. The molecule has 0 radical (unpaired) electrons. The van der Waals surface area contributed by atoms with Gasteiger partial charge in [0.2, 0.25) is 0 Å². The number of hydrogen-bond donors (Lipinski definition) is 1. The largest absolute Gasteiger partial charge is 0.352 e. The van der Waals surface area contributed by atoms with Crippen LogP contribution >= 0.6 is 0 Å². The van der Waals surface area contributed by atoms with Gasteiger partial charge < -0.3 is 14.8 Å². The highest BCUT2D eigenvalue weighted by atomic mass is 19.1. The Morgan fingerprint density at radius 1 is 1.03 bits per heavy atom. The van der Waals surface area contributed by atoms with Crippen LogP contribution in [0.4, 0.5) is 15.8 Å². The van der Waals surface area contributed by atoms with Crippen LogP contribution in [0.15, 0.2) is 66.7 Å². The highest BCUT2D eigenvalue weighted by Crippen LogP contribution is 2.28. The summed E-state index contributed by atoms with van der Waals surface area (Å²) >= 11 is 0. The number of methoxy groups -OCH3 is 2. The van der Waals surface area contributed by atoms with E-state index < -0.39 is 22.9 Å². The van der Waals surface area contributed by atoms with Crippen LogP contribution in [-0.4, -0.2) is 25.1 Å². The maximum Gasteiger partial charge on any atom is 0.293 e. The van der Waals surface area contributed by atoms with Crippen molar-refractivity contribution in [3.63, 3.8) is 0 Å². The van der Waals surface area contributed by atoms with E-state index in [1.165, 1.54) is 38.5 Å². The summed E-state index contributed by atoms with van der Waals surface area (Å²) in [6.45, 7) is 0. The number of nitro groups is 1. The van der Waals surface area contributed by atoms with E-state index in [0.29, 0.717) is 12.0 Å². The van der Waals surface area contributed by atoms with Gasteiger partial charge in [-0.05, 0) is 35.7 Å². The normalized spacial score (nSPS) is 10.8. The van der Waals surface area contributed by atoms with E-state index in [1.807, 2.05) is 30.3 Å². The summed E-state index contributed by atoms with van der Waals surface area (Å²) in [6, 6.07) is 18.0. The number of ether oxygens (including phenoxy) is 2. The molecule has 3 rings (SSSR count). The zero-order valence-electron chi connectivity index (χ0n) is 17.0. The summed E-state index contributed by atoms with van der Waals surface area (Å²) in [6.07, 6.45) is -0.267. The molecule has 0 heterocycles. The fourth-order valence-corrected chi connectivity index (χ4v) is 3.20. The lowest BCUT2D eigenvalue weighted by atomic mass is 10.0. The van der Waals surface area contributed by atoms with Crippen LogP contribution in [0.3, 0.4) is 0 Å². The number of halogens is 1. The lowest BCUT2D eigenvalue weighted by Crippen LogP contribution is -2.16. The molecule has 0 aromatic heterocycles. The number of carbonyl (C=O) groups excluding carboxylic acids is 1. The summed E-state index contributed by atoms with van der Waals surface area (Å²) in [5, 5.41) is 14.0. The van der Waals surface area contributed by atoms with Crippen LogP contribution in [0.25, 0.3) is 0 Å². The number of nitrogens with one attached hydrogen (secondary N) is 1. The number of benzene rings is 3. The molecule has 0 bridgehead atoms. The predicted molar refractivity (Wildman–Crippen MR) is 113 cm³/mol. The van der Waals surface area contributed by atoms with Crippen molar-refractivity contribution >= 4 is 17.3 Å². The van der Waals surface area contributed by atoms with E-state index in [2.05, 4.69) is 5.32 Å². The van der Waals surface area contributed by atoms with Gasteiger partial charge in [0.05, 0.1) is 10.5 Å². The molecule has 0 atom stereocenters. The van der Waals surface area contributed by atoms with E-state index in [9.17, 15) is 19.3 Å². The summed E-state index contributed by atoms with van der Waals surface area (Å²) in [5.74, 6) is -1.59. The molecule has 0 aliphatic carbocycles. The lowest BCUT2D eigenvalue weighted by molar-refractivity contribution is -0.384. The summed E-state index contributed by atoms with van der Waals surface area (Å²) < 4.78 is 24.6. The van der Waals surface area contributed by atoms with Crippen LogP contribution in [-0.2, 0) is 15.9 Å². The Morgan fingerprint density at radius 2 is 1.74 bits per heavy atom. The van der Waals surface area contributed by atoms with Gasteiger partial charge in [-0.2, -0.15) is 0 Å². The van der Waals surface area contributed by atoms with E-state index in [1.54, 1.807) is 6.07 Å². The van der Waals surface area contributed by atoms with Crippen molar-refractivity contribution in [3.8, 4) is 0 Å². The molecule has 1 amide bonds. The van der Waals surface area contributed by atoms with Gasteiger partial charge in [0, 0.05) is 25.8 Å². The number of rotatable bonds is 8. The lowest BCUT2D eigenvalue weighted by Gasteiger charge is -2.14. The fourth-order valence-electron chi connectivity index (χ4n) is 3.20. The Balaban J connectivity index is 1.83. The van der Waals surface area contributed by atoms with Crippen molar-refractivity contribution in [1.82, 2.24) is 0 Å². The third-order valence-corrected chi connectivity index (χ3v) is 4.70. The van der Waals surface area contributed by atoms with Crippen molar-refractivity contribution in [3.05, 3.63) is 105 Å². The summed E-state index contributed by atoms with van der Waals surface area (Å²) in [4.78, 5) is 23.5. The first kappa shape index (κ1) is 22.1. The first-order valence-corrected chi connectivity index (χ1v) is 9.40. The zero-order valence-corrected chi connectivity index (χ0v) is 17.0. The van der Waals surface area contributed by atoms with Crippen LogP contribution < -0.4 is 5.32 Å². The first-order chi connectivity index (χ1) is 14.9. The van der Waals surface area contributed by atoms with Crippen molar-refractivity contribution < 1.29 is 23.6 Å². The number of carbonyl (C=O) groups is 1. The second kappa shape index (κ2) is 9.92. The van der Waals surface area contributed by atoms with Gasteiger partial charge in [0.15, 0.2) is 6.29 Å². The smallest absolute Gasteiger partial charge is 0.293 e. The Morgan fingerprint density at radius 3 is 2.35 bits per heavy atom. The summed E-state index contributed by atoms with van der Waals surface area (Å²) in [7, 11) is 2.82. The molecule has 31 heavy (non-hydrogen) atoms.